The maximum Gasteiger partial charge on any atom is 0.268 e. The second kappa shape index (κ2) is 8.29. The number of rotatable bonds is 6. The van der Waals surface area contributed by atoms with Crippen LogP contribution in [0.15, 0.2) is 45.7 Å². The molecule has 0 radical (unpaired) electrons. The van der Waals surface area contributed by atoms with E-state index in [1.807, 2.05) is 16.0 Å². The monoisotopic (exact) mass is 443 g/mol. The van der Waals surface area contributed by atoms with Crippen molar-refractivity contribution in [2.24, 2.45) is 0 Å². The van der Waals surface area contributed by atoms with Gasteiger partial charge in [-0.1, -0.05) is 11.8 Å². The number of halogens is 1. The average Bonchev–Trinajstić information content (AvgIpc) is 3.49. The number of benzene rings is 1. The molecule has 0 aliphatic carbocycles. The van der Waals surface area contributed by atoms with Gasteiger partial charge in [-0.25, -0.2) is 9.37 Å². The zero-order valence-electron chi connectivity index (χ0n) is 15.9. The number of hydrogen-bond acceptors (Lipinski definition) is 7. The van der Waals surface area contributed by atoms with Crippen LogP contribution in [0.3, 0.4) is 0 Å². The Kier molecular flexibility index (Phi) is 5.36. The predicted octanol–water partition coefficient (Wildman–Crippen LogP) is 3.85. The average molecular weight is 444 g/mol. The van der Waals surface area contributed by atoms with Gasteiger partial charge in [-0.3, -0.25) is 9.36 Å². The SMILES string of the molecule is O=c1[nH]c(CSc2nnc(-c3ccc(F)cc3)n2C[C@@H]2CCCO2)nc2ccsc12. The predicted molar refractivity (Wildman–Crippen MR) is 114 cm³/mol. The zero-order valence-corrected chi connectivity index (χ0v) is 17.5. The van der Waals surface area contributed by atoms with Crippen molar-refractivity contribution < 1.29 is 9.13 Å². The van der Waals surface area contributed by atoms with E-state index in [4.69, 9.17) is 4.74 Å². The number of aromatic amines is 1. The molecule has 30 heavy (non-hydrogen) atoms. The summed E-state index contributed by atoms with van der Waals surface area (Å²) in [7, 11) is 0. The van der Waals surface area contributed by atoms with Crippen LogP contribution in [0.5, 0.6) is 0 Å². The van der Waals surface area contributed by atoms with E-state index in [-0.39, 0.29) is 17.5 Å². The van der Waals surface area contributed by atoms with Crippen molar-refractivity contribution in [3.63, 3.8) is 0 Å². The van der Waals surface area contributed by atoms with Crippen LogP contribution >= 0.6 is 23.1 Å². The Morgan fingerprint density at radius 1 is 1.27 bits per heavy atom. The number of nitrogens with one attached hydrogen (secondary N) is 1. The number of thiophene rings is 1. The lowest BCUT2D eigenvalue weighted by Gasteiger charge is -2.14. The number of aromatic nitrogens is 5. The molecule has 1 fully saturated rings. The van der Waals surface area contributed by atoms with E-state index in [1.165, 1.54) is 35.2 Å². The Bertz CT molecular complexity index is 1230. The van der Waals surface area contributed by atoms with E-state index in [0.29, 0.717) is 39.3 Å². The minimum Gasteiger partial charge on any atom is -0.376 e. The van der Waals surface area contributed by atoms with Gasteiger partial charge in [0.05, 0.1) is 23.9 Å². The Hall–Kier alpha value is -2.56. The number of ether oxygens (including phenoxy) is 1. The van der Waals surface area contributed by atoms with E-state index in [1.54, 1.807) is 12.1 Å². The van der Waals surface area contributed by atoms with Gasteiger partial charge in [0.1, 0.15) is 16.3 Å². The maximum absolute atomic E-state index is 13.4. The molecule has 1 aliphatic heterocycles. The summed E-state index contributed by atoms with van der Waals surface area (Å²) in [6.45, 7) is 1.38. The van der Waals surface area contributed by atoms with Gasteiger partial charge in [0.2, 0.25) is 0 Å². The second-order valence-corrected chi connectivity index (χ2v) is 8.85. The molecule has 1 atom stereocenters. The first-order valence-electron chi connectivity index (χ1n) is 9.57. The molecule has 5 rings (SSSR count). The largest absolute Gasteiger partial charge is 0.376 e. The van der Waals surface area contributed by atoms with Crippen LogP contribution in [-0.2, 0) is 17.0 Å². The van der Waals surface area contributed by atoms with E-state index in [2.05, 4.69) is 20.2 Å². The third-order valence-electron chi connectivity index (χ3n) is 4.93. The molecule has 0 bridgehead atoms. The van der Waals surface area contributed by atoms with Crippen LogP contribution in [0.2, 0.25) is 0 Å². The first-order chi connectivity index (χ1) is 14.7. The molecule has 1 saturated heterocycles. The molecule has 154 valence electrons. The summed E-state index contributed by atoms with van der Waals surface area (Å²) >= 11 is 2.83. The van der Waals surface area contributed by atoms with Gasteiger partial charge in [-0.05, 0) is 48.6 Å². The van der Waals surface area contributed by atoms with Gasteiger partial charge in [0, 0.05) is 12.2 Å². The Morgan fingerprint density at radius 3 is 2.93 bits per heavy atom. The highest BCUT2D eigenvalue weighted by Gasteiger charge is 2.22. The molecule has 0 amide bonds. The van der Waals surface area contributed by atoms with Gasteiger partial charge >= 0.3 is 0 Å². The quantitative estimate of drug-likeness (QED) is 0.456. The minimum atomic E-state index is -0.294. The van der Waals surface area contributed by atoms with E-state index in [9.17, 15) is 9.18 Å². The zero-order chi connectivity index (χ0) is 20.5. The fourth-order valence-electron chi connectivity index (χ4n) is 3.49. The number of fused-ring (bicyclic) bond motifs is 1. The van der Waals surface area contributed by atoms with Crippen molar-refractivity contribution in [2.45, 2.75) is 36.4 Å². The van der Waals surface area contributed by atoms with Gasteiger partial charge < -0.3 is 9.72 Å². The number of H-pyrrole nitrogens is 1. The lowest BCUT2D eigenvalue weighted by Crippen LogP contribution is -2.17. The topological polar surface area (TPSA) is 85.7 Å². The number of thioether (sulfide) groups is 1. The van der Waals surface area contributed by atoms with Gasteiger partial charge in [0.15, 0.2) is 11.0 Å². The lowest BCUT2D eigenvalue weighted by atomic mass is 10.2. The molecule has 4 heterocycles. The highest BCUT2D eigenvalue weighted by atomic mass is 32.2. The molecule has 1 aromatic carbocycles. The first-order valence-corrected chi connectivity index (χ1v) is 11.4. The highest BCUT2D eigenvalue weighted by Crippen LogP contribution is 2.28. The normalized spacial score (nSPS) is 16.5. The number of nitrogens with zero attached hydrogens (tertiary/aromatic N) is 4. The Morgan fingerprint density at radius 2 is 2.13 bits per heavy atom. The van der Waals surface area contributed by atoms with Crippen molar-refractivity contribution >= 4 is 33.3 Å². The molecular weight excluding hydrogens is 425 g/mol. The van der Waals surface area contributed by atoms with Gasteiger partial charge in [-0.2, -0.15) is 0 Å². The first kappa shape index (κ1) is 19.4. The highest BCUT2D eigenvalue weighted by molar-refractivity contribution is 7.98. The fourth-order valence-corrected chi connectivity index (χ4v) is 5.03. The third kappa shape index (κ3) is 3.90. The molecule has 0 spiro atoms. The summed E-state index contributed by atoms with van der Waals surface area (Å²) in [6, 6.07) is 8.07. The van der Waals surface area contributed by atoms with E-state index >= 15 is 0 Å². The lowest BCUT2D eigenvalue weighted by molar-refractivity contribution is 0.0953. The molecule has 0 saturated carbocycles. The van der Waals surface area contributed by atoms with Crippen LogP contribution in [0, 0.1) is 5.82 Å². The van der Waals surface area contributed by atoms with Crippen molar-refractivity contribution in [1.29, 1.82) is 0 Å². The number of hydrogen-bond donors (Lipinski definition) is 1. The van der Waals surface area contributed by atoms with Crippen LogP contribution < -0.4 is 5.56 Å². The van der Waals surface area contributed by atoms with Crippen LogP contribution in [-0.4, -0.2) is 37.4 Å². The molecule has 1 aliphatic rings. The molecule has 3 aromatic heterocycles. The Balaban J connectivity index is 1.44. The van der Waals surface area contributed by atoms with Crippen molar-refractivity contribution in [1.82, 2.24) is 24.7 Å². The molecule has 10 heteroatoms. The fraction of sp³-hybridized carbons (Fsp3) is 0.300. The van der Waals surface area contributed by atoms with Crippen LogP contribution in [0.25, 0.3) is 21.6 Å². The summed E-state index contributed by atoms with van der Waals surface area (Å²) in [4.78, 5) is 19.6. The second-order valence-electron chi connectivity index (χ2n) is 6.99. The molecule has 4 aromatic rings. The van der Waals surface area contributed by atoms with Crippen LogP contribution in [0.1, 0.15) is 18.7 Å². The standard InChI is InChI=1S/C20H18FN5O2S2/c21-13-5-3-12(4-6-13)18-24-25-20(26(18)10-14-2-1-8-28-14)30-11-16-22-15-7-9-29-17(15)19(27)23-16/h3-7,9,14H,1-2,8,10-11H2,(H,22,23,27)/t14-/m0/s1. The van der Waals surface area contributed by atoms with Crippen LogP contribution in [0.4, 0.5) is 4.39 Å². The Labute approximate surface area is 179 Å². The minimum absolute atomic E-state index is 0.0969. The summed E-state index contributed by atoms with van der Waals surface area (Å²) in [6.07, 6.45) is 2.11. The summed E-state index contributed by atoms with van der Waals surface area (Å²) in [5.74, 6) is 1.42. The van der Waals surface area contributed by atoms with E-state index in [0.717, 1.165) is 25.0 Å². The van der Waals surface area contributed by atoms with E-state index < -0.39 is 0 Å². The molecule has 7 nitrogen and oxygen atoms in total. The maximum atomic E-state index is 13.4. The summed E-state index contributed by atoms with van der Waals surface area (Å²) in [5, 5.41) is 11.3. The van der Waals surface area contributed by atoms with Gasteiger partial charge in [0.25, 0.3) is 5.56 Å². The molecule has 1 N–H and O–H groups in total. The smallest absolute Gasteiger partial charge is 0.268 e. The van der Waals surface area contributed by atoms with Crippen molar-refractivity contribution in [3.05, 3.63) is 57.7 Å². The van der Waals surface area contributed by atoms with Crippen molar-refractivity contribution in [3.8, 4) is 11.4 Å². The summed E-state index contributed by atoms with van der Waals surface area (Å²) < 4.78 is 21.8. The molecule has 0 unspecified atom stereocenters. The van der Waals surface area contributed by atoms with Gasteiger partial charge in [-0.15, -0.1) is 21.5 Å². The third-order valence-corrected chi connectivity index (χ3v) is 6.81. The molecular formula is C20H18FN5O2S2. The van der Waals surface area contributed by atoms with Crippen molar-refractivity contribution in [2.75, 3.05) is 6.61 Å². The summed E-state index contributed by atoms with van der Waals surface area (Å²) in [5.41, 5.74) is 1.37.